The molecule has 1 saturated carbocycles. The number of hydrogen-bond acceptors (Lipinski definition) is 4. The Morgan fingerprint density at radius 2 is 1.63 bits per heavy atom. The zero-order valence-corrected chi connectivity index (χ0v) is 16.4. The van der Waals surface area contributed by atoms with Crippen LogP contribution in [0.4, 0.5) is 5.82 Å². The molecule has 5 rings (SSSR count). The van der Waals surface area contributed by atoms with Crippen molar-refractivity contribution in [1.82, 2.24) is 19.6 Å². The van der Waals surface area contributed by atoms with E-state index in [0.29, 0.717) is 28.3 Å². The third-order valence-corrected chi connectivity index (χ3v) is 5.60. The highest BCUT2D eigenvalue weighted by atomic mass is 16.2. The van der Waals surface area contributed by atoms with E-state index >= 15 is 0 Å². The molecular formula is C23H21N5O2. The SMILES string of the molecule is O=C(Nc1ccnn1C1CCCC1)c1nn(-c2ccccc2)c(=O)c2ccccc12. The number of amides is 1. The normalized spacial score (nSPS) is 14.3. The van der Waals surface area contributed by atoms with Gasteiger partial charge in [-0.3, -0.25) is 9.59 Å². The van der Waals surface area contributed by atoms with Gasteiger partial charge < -0.3 is 5.32 Å². The number of hydrogen-bond donors (Lipinski definition) is 1. The summed E-state index contributed by atoms with van der Waals surface area (Å²) in [6.45, 7) is 0. The van der Waals surface area contributed by atoms with Crippen molar-refractivity contribution in [3.05, 3.63) is 82.9 Å². The van der Waals surface area contributed by atoms with E-state index in [9.17, 15) is 9.59 Å². The van der Waals surface area contributed by atoms with Crippen LogP contribution in [-0.2, 0) is 0 Å². The summed E-state index contributed by atoms with van der Waals surface area (Å²) in [6.07, 6.45) is 6.16. The van der Waals surface area contributed by atoms with Crippen molar-refractivity contribution in [2.24, 2.45) is 0 Å². The molecule has 7 heteroatoms. The predicted molar refractivity (Wildman–Crippen MR) is 115 cm³/mol. The van der Waals surface area contributed by atoms with Gasteiger partial charge in [0.25, 0.3) is 11.5 Å². The second-order valence-corrected chi connectivity index (χ2v) is 7.50. The molecule has 0 spiro atoms. The summed E-state index contributed by atoms with van der Waals surface area (Å²) in [5.74, 6) is 0.283. The monoisotopic (exact) mass is 399 g/mol. The van der Waals surface area contributed by atoms with Gasteiger partial charge in [-0.05, 0) is 31.0 Å². The van der Waals surface area contributed by atoms with Gasteiger partial charge in [0.2, 0.25) is 0 Å². The molecule has 2 heterocycles. The first-order valence-electron chi connectivity index (χ1n) is 10.1. The van der Waals surface area contributed by atoms with Crippen molar-refractivity contribution in [2.45, 2.75) is 31.7 Å². The Morgan fingerprint density at radius 1 is 0.933 bits per heavy atom. The molecule has 7 nitrogen and oxygen atoms in total. The minimum Gasteiger partial charge on any atom is -0.305 e. The van der Waals surface area contributed by atoms with Crippen molar-refractivity contribution in [2.75, 3.05) is 5.32 Å². The van der Waals surface area contributed by atoms with E-state index in [0.717, 1.165) is 12.8 Å². The quantitative estimate of drug-likeness (QED) is 0.563. The van der Waals surface area contributed by atoms with Crippen molar-refractivity contribution >= 4 is 22.5 Å². The maximum absolute atomic E-state index is 13.3. The van der Waals surface area contributed by atoms with Crippen LogP contribution in [0.5, 0.6) is 0 Å². The smallest absolute Gasteiger partial charge is 0.279 e. The standard InChI is InChI=1S/C23H21N5O2/c29-22(25-20-14-15-24-27(20)16-10-4-5-11-16)21-18-12-6-7-13-19(18)23(30)28(26-21)17-8-2-1-3-9-17/h1-3,6-9,12-16H,4-5,10-11H2,(H,25,29). The highest BCUT2D eigenvalue weighted by Crippen LogP contribution is 2.31. The van der Waals surface area contributed by atoms with Crippen LogP contribution in [0, 0.1) is 0 Å². The lowest BCUT2D eigenvalue weighted by molar-refractivity contribution is 0.102. The summed E-state index contributed by atoms with van der Waals surface area (Å²) in [6, 6.07) is 18.3. The predicted octanol–water partition coefficient (Wildman–Crippen LogP) is 3.95. The van der Waals surface area contributed by atoms with Crippen molar-refractivity contribution < 1.29 is 4.79 Å². The molecule has 1 aliphatic carbocycles. The fourth-order valence-electron chi connectivity index (χ4n) is 4.13. The first kappa shape index (κ1) is 18.3. The summed E-state index contributed by atoms with van der Waals surface area (Å²) in [5, 5.41) is 12.8. The zero-order valence-electron chi connectivity index (χ0n) is 16.4. The highest BCUT2D eigenvalue weighted by Gasteiger charge is 2.22. The van der Waals surface area contributed by atoms with E-state index in [1.165, 1.54) is 17.5 Å². The average Bonchev–Trinajstić information content (AvgIpc) is 3.46. The maximum Gasteiger partial charge on any atom is 0.279 e. The van der Waals surface area contributed by atoms with Crippen LogP contribution >= 0.6 is 0 Å². The molecule has 0 radical (unpaired) electrons. The zero-order chi connectivity index (χ0) is 20.5. The van der Waals surface area contributed by atoms with Crippen LogP contribution in [0.3, 0.4) is 0 Å². The average molecular weight is 399 g/mol. The molecule has 150 valence electrons. The molecule has 0 bridgehead atoms. The van der Waals surface area contributed by atoms with Crippen LogP contribution in [0.2, 0.25) is 0 Å². The summed E-state index contributed by atoms with van der Waals surface area (Å²) in [4.78, 5) is 26.3. The number of nitrogens with zero attached hydrogens (tertiary/aromatic N) is 4. The van der Waals surface area contributed by atoms with Gasteiger partial charge in [0.15, 0.2) is 5.69 Å². The molecule has 1 aliphatic rings. The first-order valence-corrected chi connectivity index (χ1v) is 10.1. The summed E-state index contributed by atoms with van der Waals surface area (Å²) in [7, 11) is 0. The van der Waals surface area contributed by atoms with Crippen molar-refractivity contribution in [3.63, 3.8) is 0 Å². The molecule has 4 aromatic rings. The fraction of sp³-hybridized carbons (Fsp3) is 0.217. The number of carbonyl (C=O) groups excluding carboxylic acids is 1. The number of carbonyl (C=O) groups is 1. The summed E-state index contributed by atoms with van der Waals surface area (Å²) >= 11 is 0. The van der Waals surface area contributed by atoms with Crippen molar-refractivity contribution in [1.29, 1.82) is 0 Å². The van der Waals surface area contributed by atoms with E-state index in [2.05, 4.69) is 15.5 Å². The first-order chi connectivity index (χ1) is 14.7. The topological polar surface area (TPSA) is 81.8 Å². The molecule has 2 aromatic heterocycles. The Balaban J connectivity index is 1.59. The van der Waals surface area contributed by atoms with E-state index in [1.807, 2.05) is 22.9 Å². The van der Waals surface area contributed by atoms with E-state index in [4.69, 9.17) is 0 Å². The molecule has 1 N–H and O–H groups in total. The molecule has 0 atom stereocenters. The molecule has 30 heavy (non-hydrogen) atoms. The largest absolute Gasteiger partial charge is 0.305 e. The molecule has 0 unspecified atom stereocenters. The van der Waals surface area contributed by atoms with Crippen LogP contribution in [-0.4, -0.2) is 25.5 Å². The Morgan fingerprint density at radius 3 is 2.40 bits per heavy atom. The molecule has 0 aliphatic heterocycles. The van der Waals surface area contributed by atoms with Gasteiger partial charge in [0, 0.05) is 11.5 Å². The van der Waals surface area contributed by atoms with Gasteiger partial charge in [0.1, 0.15) is 5.82 Å². The lowest BCUT2D eigenvalue weighted by Gasteiger charge is -2.15. The third kappa shape index (κ3) is 3.18. The number of aromatic nitrogens is 4. The van der Waals surface area contributed by atoms with Gasteiger partial charge in [-0.25, -0.2) is 4.68 Å². The van der Waals surface area contributed by atoms with Gasteiger partial charge >= 0.3 is 0 Å². The van der Waals surface area contributed by atoms with Crippen LogP contribution in [0.25, 0.3) is 16.5 Å². The van der Waals surface area contributed by atoms with E-state index in [1.54, 1.807) is 48.7 Å². The van der Waals surface area contributed by atoms with Crippen molar-refractivity contribution in [3.8, 4) is 5.69 Å². The third-order valence-electron chi connectivity index (χ3n) is 5.60. The Labute approximate surface area is 173 Å². The molecule has 0 saturated heterocycles. The fourth-order valence-corrected chi connectivity index (χ4v) is 4.13. The van der Waals surface area contributed by atoms with Gasteiger partial charge in [0.05, 0.1) is 23.3 Å². The maximum atomic E-state index is 13.3. The minimum atomic E-state index is -0.365. The molecular weight excluding hydrogens is 378 g/mol. The number of benzene rings is 2. The number of fused-ring (bicyclic) bond motifs is 1. The van der Waals surface area contributed by atoms with Crippen LogP contribution < -0.4 is 10.9 Å². The van der Waals surface area contributed by atoms with Gasteiger partial charge in [-0.2, -0.15) is 14.9 Å². The summed E-state index contributed by atoms with van der Waals surface area (Å²) < 4.78 is 3.17. The number of nitrogens with one attached hydrogen (secondary N) is 1. The van der Waals surface area contributed by atoms with Gasteiger partial charge in [-0.15, -0.1) is 0 Å². The minimum absolute atomic E-state index is 0.202. The van der Waals surface area contributed by atoms with Crippen LogP contribution in [0.15, 0.2) is 71.7 Å². The molecule has 1 fully saturated rings. The van der Waals surface area contributed by atoms with Gasteiger partial charge in [-0.1, -0.05) is 49.2 Å². The van der Waals surface area contributed by atoms with Crippen LogP contribution in [0.1, 0.15) is 42.2 Å². The Hall–Kier alpha value is -3.74. The second kappa shape index (κ2) is 7.59. The lowest BCUT2D eigenvalue weighted by Crippen LogP contribution is -2.27. The van der Waals surface area contributed by atoms with E-state index < -0.39 is 0 Å². The lowest BCUT2D eigenvalue weighted by atomic mass is 10.1. The Bertz CT molecular complexity index is 1270. The summed E-state index contributed by atoms with van der Waals surface area (Å²) in [5.41, 5.74) is 0.552. The Kier molecular flexibility index (Phi) is 4.63. The van der Waals surface area contributed by atoms with E-state index in [-0.39, 0.29) is 17.2 Å². The molecule has 2 aromatic carbocycles. The number of para-hydroxylation sites is 1. The second-order valence-electron chi connectivity index (χ2n) is 7.50. The number of anilines is 1. The number of rotatable bonds is 4. The highest BCUT2D eigenvalue weighted by molar-refractivity contribution is 6.10. The molecule has 1 amide bonds.